The third kappa shape index (κ3) is 1.22. The number of rotatable bonds is 0. The van der Waals surface area contributed by atoms with Gasteiger partial charge in [0, 0.05) is 7.05 Å². The molecule has 1 aliphatic heterocycles. The molecular weight excluding hydrogens is 145 g/mol. The van der Waals surface area contributed by atoms with E-state index in [1.165, 1.54) is 13.4 Å². The molecule has 1 heterocycles. The standard InChI is InChI=1S/C5H7F3N2/c1-10-3-9-2-4(10)5(6,7)8/h3-4H,2H2,1H3. The largest absolute Gasteiger partial charge is 0.410 e. The van der Waals surface area contributed by atoms with E-state index < -0.39 is 12.2 Å². The summed E-state index contributed by atoms with van der Waals surface area (Å²) in [7, 11) is 1.37. The van der Waals surface area contributed by atoms with Crippen molar-refractivity contribution < 1.29 is 13.2 Å². The van der Waals surface area contributed by atoms with Gasteiger partial charge in [0.25, 0.3) is 0 Å². The topological polar surface area (TPSA) is 15.6 Å². The van der Waals surface area contributed by atoms with Crippen LogP contribution in [-0.4, -0.2) is 37.0 Å². The summed E-state index contributed by atoms with van der Waals surface area (Å²) in [5, 5.41) is 0. The predicted octanol–water partition coefficient (Wildman–Crippen LogP) is 0.891. The predicted molar refractivity (Wildman–Crippen MR) is 31.0 cm³/mol. The van der Waals surface area contributed by atoms with Gasteiger partial charge in [-0.2, -0.15) is 13.2 Å². The highest BCUT2D eigenvalue weighted by Gasteiger charge is 2.43. The Morgan fingerprint density at radius 2 is 2.20 bits per heavy atom. The smallest absolute Gasteiger partial charge is 0.353 e. The molecule has 1 atom stereocenters. The molecule has 0 amide bonds. The fourth-order valence-electron chi connectivity index (χ4n) is 0.819. The van der Waals surface area contributed by atoms with Gasteiger partial charge in [0.1, 0.15) is 6.04 Å². The van der Waals surface area contributed by atoms with E-state index in [2.05, 4.69) is 4.99 Å². The van der Waals surface area contributed by atoms with Crippen molar-refractivity contribution in [3.05, 3.63) is 0 Å². The van der Waals surface area contributed by atoms with Gasteiger partial charge in [0.05, 0.1) is 12.9 Å². The van der Waals surface area contributed by atoms with Crippen LogP contribution < -0.4 is 0 Å². The molecule has 10 heavy (non-hydrogen) atoms. The zero-order valence-electron chi connectivity index (χ0n) is 5.39. The third-order valence-electron chi connectivity index (χ3n) is 1.41. The van der Waals surface area contributed by atoms with Crippen molar-refractivity contribution in [2.45, 2.75) is 12.2 Å². The van der Waals surface area contributed by atoms with Crippen LogP contribution in [0.4, 0.5) is 13.2 Å². The Balaban J connectivity index is 2.60. The minimum absolute atomic E-state index is 0.167. The number of halogens is 3. The first-order valence-corrected chi connectivity index (χ1v) is 2.80. The lowest BCUT2D eigenvalue weighted by atomic mass is 10.3. The molecule has 0 saturated carbocycles. The van der Waals surface area contributed by atoms with E-state index in [1.54, 1.807) is 0 Å². The number of nitrogens with zero attached hydrogens (tertiary/aromatic N) is 2. The molecule has 2 nitrogen and oxygen atoms in total. The molecule has 0 fully saturated rings. The van der Waals surface area contributed by atoms with E-state index >= 15 is 0 Å². The van der Waals surface area contributed by atoms with Gasteiger partial charge in [-0.1, -0.05) is 0 Å². The van der Waals surface area contributed by atoms with Crippen LogP contribution in [0.2, 0.25) is 0 Å². The molecule has 1 aliphatic rings. The van der Waals surface area contributed by atoms with Gasteiger partial charge in [0.2, 0.25) is 0 Å². The lowest BCUT2D eigenvalue weighted by Crippen LogP contribution is -2.41. The van der Waals surface area contributed by atoms with Crippen molar-refractivity contribution in [1.82, 2.24) is 4.90 Å². The maximum absolute atomic E-state index is 11.9. The molecule has 0 aliphatic carbocycles. The maximum atomic E-state index is 11.9. The molecule has 1 unspecified atom stereocenters. The first-order valence-electron chi connectivity index (χ1n) is 2.80. The molecule has 0 bridgehead atoms. The Morgan fingerprint density at radius 1 is 1.60 bits per heavy atom. The molecule has 0 aromatic carbocycles. The first-order chi connectivity index (χ1) is 4.52. The summed E-state index contributed by atoms with van der Waals surface area (Å²) in [5.41, 5.74) is 0. The zero-order chi connectivity index (χ0) is 7.78. The van der Waals surface area contributed by atoms with Crippen molar-refractivity contribution in [3.8, 4) is 0 Å². The van der Waals surface area contributed by atoms with Crippen LogP contribution in [0.3, 0.4) is 0 Å². The van der Waals surface area contributed by atoms with Crippen LogP contribution in [-0.2, 0) is 0 Å². The van der Waals surface area contributed by atoms with E-state index in [-0.39, 0.29) is 6.54 Å². The SMILES string of the molecule is CN1C=NCC1C(F)(F)F. The third-order valence-corrected chi connectivity index (χ3v) is 1.41. The maximum Gasteiger partial charge on any atom is 0.410 e. The molecule has 0 radical (unpaired) electrons. The van der Waals surface area contributed by atoms with Gasteiger partial charge >= 0.3 is 6.18 Å². The lowest BCUT2D eigenvalue weighted by Gasteiger charge is -2.21. The number of alkyl halides is 3. The summed E-state index contributed by atoms with van der Waals surface area (Å²) in [5.74, 6) is 0. The van der Waals surface area contributed by atoms with Gasteiger partial charge in [0.15, 0.2) is 0 Å². The van der Waals surface area contributed by atoms with Crippen LogP contribution in [0.25, 0.3) is 0 Å². The molecule has 0 aromatic rings. The Labute approximate surface area is 56.3 Å². The monoisotopic (exact) mass is 152 g/mol. The highest BCUT2D eigenvalue weighted by atomic mass is 19.4. The second-order valence-electron chi connectivity index (χ2n) is 2.20. The molecule has 0 N–H and O–H groups in total. The Hall–Kier alpha value is -0.740. The van der Waals surface area contributed by atoms with E-state index in [9.17, 15) is 13.2 Å². The van der Waals surface area contributed by atoms with Crippen molar-refractivity contribution in [3.63, 3.8) is 0 Å². The van der Waals surface area contributed by atoms with Gasteiger partial charge in [-0.3, -0.25) is 4.99 Å². The number of hydrogen-bond acceptors (Lipinski definition) is 2. The van der Waals surface area contributed by atoms with Gasteiger partial charge < -0.3 is 4.90 Å². The van der Waals surface area contributed by atoms with Gasteiger partial charge in [-0.15, -0.1) is 0 Å². The fourth-order valence-corrected chi connectivity index (χ4v) is 0.819. The minimum atomic E-state index is -4.15. The summed E-state index contributed by atoms with van der Waals surface area (Å²) in [4.78, 5) is 4.56. The van der Waals surface area contributed by atoms with Gasteiger partial charge in [-0.25, -0.2) is 0 Å². The van der Waals surface area contributed by atoms with Crippen LogP contribution in [0.5, 0.6) is 0 Å². The van der Waals surface area contributed by atoms with Crippen molar-refractivity contribution in [2.75, 3.05) is 13.6 Å². The molecule has 1 rings (SSSR count). The lowest BCUT2D eigenvalue weighted by molar-refractivity contribution is -0.164. The number of likely N-dealkylation sites (N-methyl/N-ethyl adjacent to an activating group) is 1. The normalized spacial score (nSPS) is 26.0. The van der Waals surface area contributed by atoms with Crippen LogP contribution in [0.1, 0.15) is 0 Å². The Bertz CT molecular complexity index is 151. The second-order valence-corrected chi connectivity index (χ2v) is 2.20. The summed E-state index contributed by atoms with van der Waals surface area (Å²) in [6.07, 6.45) is -2.94. The summed E-state index contributed by atoms with van der Waals surface area (Å²) < 4.78 is 35.7. The quantitative estimate of drug-likeness (QED) is 0.503. The first kappa shape index (κ1) is 7.37. The molecule has 0 aromatic heterocycles. The number of aliphatic imine (C=N–C) groups is 1. The van der Waals surface area contributed by atoms with Crippen LogP contribution in [0, 0.1) is 0 Å². The summed E-state index contributed by atoms with van der Waals surface area (Å²) in [6.45, 7) is -0.167. The van der Waals surface area contributed by atoms with Crippen LogP contribution >= 0.6 is 0 Å². The average molecular weight is 152 g/mol. The average Bonchev–Trinajstić information content (AvgIpc) is 2.11. The van der Waals surface area contributed by atoms with Crippen LogP contribution in [0.15, 0.2) is 4.99 Å². The van der Waals surface area contributed by atoms with Crippen molar-refractivity contribution >= 4 is 6.34 Å². The van der Waals surface area contributed by atoms with E-state index in [4.69, 9.17) is 0 Å². The van der Waals surface area contributed by atoms with E-state index in [0.29, 0.717) is 0 Å². The van der Waals surface area contributed by atoms with E-state index in [1.807, 2.05) is 0 Å². The fraction of sp³-hybridized carbons (Fsp3) is 0.800. The number of hydrogen-bond donors (Lipinski definition) is 0. The zero-order valence-corrected chi connectivity index (χ0v) is 5.39. The van der Waals surface area contributed by atoms with Gasteiger partial charge in [-0.05, 0) is 0 Å². The second kappa shape index (κ2) is 2.14. The van der Waals surface area contributed by atoms with Crippen molar-refractivity contribution in [1.29, 1.82) is 0 Å². The highest BCUT2D eigenvalue weighted by molar-refractivity contribution is 5.57. The summed E-state index contributed by atoms with van der Waals surface area (Å²) in [6, 6.07) is -1.41. The Morgan fingerprint density at radius 3 is 2.40 bits per heavy atom. The molecule has 0 saturated heterocycles. The molecule has 5 heteroatoms. The van der Waals surface area contributed by atoms with Crippen molar-refractivity contribution in [2.24, 2.45) is 4.99 Å². The highest BCUT2D eigenvalue weighted by Crippen LogP contribution is 2.25. The Kier molecular flexibility index (Phi) is 1.58. The van der Waals surface area contributed by atoms with E-state index in [0.717, 1.165) is 4.90 Å². The molecule has 0 spiro atoms. The molecular formula is C5H7F3N2. The summed E-state index contributed by atoms with van der Waals surface area (Å²) >= 11 is 0. The minimum Gasteiger partial charge on any atom is -0.353 e. The molecule has 58 valence electrons.